The Bertz CT molecular complexity index is 856. The number of hydrogen-bond donors (Lipinski definition) is 1. The summed E-state index contributed by atoms with van der Waals surface area (Å²) in [5.74, 6) is 0.775. The van der Waals surface area contributed by atoms with Crippen molar-refractivity contribution in [3.05, 3.63) is 45.3 Å². The maximum atomic E-state index is 10.6. The summed E-state index contributed by atoms with van der Waals surface area (Å²) in [5, 5.41) is 15.4. The number of thiazole rings is 1. The molecular formula is C13H10N4O3S2. The van der Waals surface area contributed by atoms with E-state index in [0.29, 0.717) is 10.0 Å². The zero-order valence-electron chi connectivity index (χ0n) is 11.3. The van der Waals surface area contributed by atoms with Gasteiger partial charge in [0.05, 0.1) is 33.3 Å². The van der Waals surface area contributed by atoms with Crippen molar-refractivity contribution in [2.75, 3.05) is 12.5 Å². The molecule has 0 aliphatic rings. The van der Waals surface area contributed by atoms with Gasteiger partial charge in [0.15, 0.2) is 0 Å². The normalized spacial score (nSPS) is 11.1. The van der Waals surface area contributed by atoms with Gasteiger partial charge in [-0.25, -0.2) is 4.98 Å². The van der Waals surface area contributed by atoms with Gasteiger partial charge in [0.25, 0.3) is 0 Å². The third-order valence-corrected chi connectivity index (χ3v) is 4.63. The highest BCUT2D eigenvalue weighted by atomic mass is 32.1. The zero-order valence-corrected chi connectivity index (χ0v) is 13.0. The van der Waals surface area contributed by atoms with Crippen LogP contribution in [0.2, 0.25) is 0 Å². The molecule has 0 amide bonds. The number of aromatic nitrogens is 1. The molecule has 112 valence electrons. The van der Waals surface area contributed by atoms with Crippen molar-refractivity contribution in [1.82, 2.24) is 4.98 Å². The van der Waals surface area contributed by atoms with Gasteiger partial charge in [-0.05, 0) is 24.3 Å². The first kappa shape index (κ1) is 14.4. The highest BCUT2D eigenvalue weighted by molar-refractivity contribution is 7.22. The quantitative estimate of drug-likeness (QED) is 0.436. The van der Waals surface area contributed by atoms with Gasteiger partial charge in [-0.2, -0.15) is 5.10 Å². The van der Waals surface area contributed by atoms with Crippen LogP contribution < -0.4 is 10.2 Å². The van der Waals surface area contributed by atoms with Gasteiger partial charge in [-0.15, -0.1) is 0 Å². The van der Waals surface area contributed by atoms with E-state index in [1.807, 2.05) is 18.2 Å². The largest absolute Gasteiger partial charge is 0.497 e. The average molecular weight is 334 g/mol. The molecule has 2 heterocycles. The smallest absolute Gasteiger partial charge is 0.324 e. The Labute approximate surface area is 133 Å². The lowest BCUT2D eigenvalue weighted by atomic mass is 10.3. The molecule has 0 atom stereocenters. The van der Waals surface area contributed by atoms with Crippen molar-refractivity contribution in [2.24, 2.45) is 5.10 Å². The Morgan fingerprint density at radius 1 is 1.36 bits per heavy atom. The number of nitro groups is 1. The summed E-state index contributed by atoms with van der Waals surface area (Å²) in [6, 6.07) is 8.74. The second-order valence-electron chi connectivity index (χ2n) is 4.16. The van der Waals surface area contributed by atoms with E-state index in [9.17, 15) is 10.1 Å². The fourth-order valence-electron chi connectivity index (χ4n) is 1.74. The number of methoxy groups -OCH3 is 1. The van der Waals surface area contributed by atoms with Crippen LogP contribution in [-0.4, -0.2) is 23.2 Å². The molecule has 7 nitrogen and oxygen atoms in total. The molecule has 3 aromatic rings. The fourth-order valence-corrected chi connectivity index (χ4v) is 3.28. The second kappa shape index (κ2) is 6.08. The van der Waals surface area contributed by atoms with E-state index in [-0.39, 0.29) is 5.00 Å². The molecule has 0 aliphatic heterocycles. The number of hydrogen-bond acceptors (Lipinski definition) is 8. The highest BCUT2D eigenvalue weighted by Gasteiger charge is 2.08. The summed E-state index contributed by atoms with van der Waals surface area (Å²) in [6.45, 7) is 0. The maximum absolute atomic E-state index is 10.6. The van der Waals surface area contributed by atoms with Gasteiger partial charge >= 0.3 is 5.00 Å². The lowest BCUT2D eigenvalue weighted by Gasteiger charge is -1.96. The van der Waals surface area contributed by atoms with Gasteiger partial charge in [-0.1, -0.05) is 22.7 Å². The molecule has 2 aromatic heterocycles. The number of nitrogens with zero attached hydrogens (tertiary/aromatic N) is 3. The second-order valence-corrected chi connectivity index (χ2v) is 6.28. The summed E-state index contributed by atoms with van der Waals surface area (Å²) in [4.78, 5) is 15.3. The van der Waals surface area contributed by atoms with Gasteiger partial charge < -0.3 is 4.74 Å². The summed E-state index contributed by atoms with van der Waals surface area (Å²) in [5.41, 5.74) is 3.69. The lowest BCUT2D eigenvalue weighted by molar-refractivity contribution is -0.380. The van der Waals surface area contributed by atoms with E-state index in [4.69, 9.17) is 4.74 Å². The number of nitrogens with one attached hydrogen (secondary N) is 1. The number of fused-ring (bicyclic) bond motifs is 1. The molecule has 1 aromatic carbocycles. The lowest BCUT2D eigenvalue weighted by Crippen LogP contribution is -1.87. The molecule has 0 aliphatic carbocycles. The van der Waals surface area contributed by atoms with Crippen LogP contribution in [0.3, 0.4) is 0 Å². The van der Waals surface area contributed by atoms with Crippen molar-refractivity contribution in [3.8, 4) is 5.75 Å². The van der Waals surface area contributed by atoms with Crippen molar-refractivity contribution >= 4 is 49.2 Å². The van der Waals surface area contributed by atoms with E-state index < -0.39 is 4.92 Å². The van der Waals surface area contributed by atoms with Crippen LogP contribution in [-0.2, 0) is 0 Å². The predicted octanol–water partition coefficient (Wildman–Crippen LogP) is 3.72. The number of rotatable bonds is 5. The average Bonchev–Trinajstić information content (AvgIpc) is 3.12. The molecular weight excluding hydrogens is 324 g/mol. The van der Waals surface area contributed by atoms with E-state index in [0.717, 1.165) is 27.3 Å². The van der Waals surface area contributed by atoms with E-state index in [2.05, 4.69) is 15.5 Å². The SMILES string of the molecule is COc1ccc2nc(N/N=C\c3ccc([N+](=O)[O-])s3)sc2c1. The molecule has 0 fully saturated rings. The van der Waals surface area contributed by atoms with Crippen LogP contribution in [0.1, 0.15) is 4.88 Å². The molecule has 9 heteroatoms. The van der Waals surface area contributed by atoms with Crippen LogP contribution >= 0.6 is 22.7 Å². The minimum atomic E-state index is -0.420. The summed E-state index contributed by atoms with van der Waals surface area (Å²) in [6.07, 6.45) is 1.53. The van der Waals surface area contributed by atoms with Crippen LogP contribution in [0.4, 0.5) is 10.1 Å². The minimum absolute atomic E-state index is 0.0912. The first-order valence-electron chi connectivity index (χ1n) is 6.13. The summed E-state index contributed by atoms with van der Waals surface area (Å²) < 4.78 is 6.16. The number of ether oxygens (including phenoxy) is 1. The van der Waals surface area contributed by atoms with Crippen LogP contribution in [0, 0.1) is 10.1 Å². The number of hydrazone groups is 1. The summed E-state index contributed by atoms with van der Waals surface area (Å²) >= 11 is 2.52. The Morgan fingerprint density at radius 3 is 2.95 bits per heavy atom. The van der Waals surface area contributed by atoms with Gasteiger partial charge in [-0.3, -0.25) is 15.5 Å². The Morgan fingerprint density at radius 2 is 2.23 bits per heavy atom. The van der Waals surface area contributed by atoms with Crippen LogP contribution in [0.15, 0.2) is 35.4 Å². The number of thiophene rings is 1. The standard InChI is InChI=1S/C13H10N4O3S2/c1-20-8-2-4-10-11(6-8)22-13(15-10)16-14-7-9-3-5-12(21-9)17(18)19/h2-7H,1H3,(H,15,16)/b14-7-. The first-order chi connectivity index (χ1) is 10.7. The maximum Gasteiger partial charge on any atom is 0.324 e. The van der Waals surface area contributed by atoms with Crippen molar-refractivity contribution < 1.29 is 9.66 Å². The van der Waals surface area contributed by atoms with E-state index in [1.165, 1.54) is 23.6 Å². The Hall–Kier alpha value is -2.52. The first-order valence-corrected chi connectivity index (χ1v) is 7.77. The van der Waals surface area contributed by atoms with Gasteiger partial charge in [0.1, 0.15) is 5.75 Å². The van der Waals surface area contributed by atoms with Crippen molar-refractivity contribution in [1.29, 1.82) is 0 Å². The third-order valence-electron chi connectivity index (χ3n) is 2.74. The molecule has 22 heavy (non-hydrogen) atoms. The molecule has 0 unspecified atom stereocenters. The van der Waals surface area contributed by atoms with E-state index >= 15 is 0 Å². The van der Waals surface area contributed by atoms with Crippen LogP contribution in [0.25, 0.3) is 10.2 Å². The van der Waals surface area contributed by atoms with E-state index in [1.54, 1.807) is 13.2 Å². The fraction of sp³-hybridized carbons (Fsp3) is 0.0769. The molecule has 0 saturated carbocycles. The minimum Gasteiger partial charge on any atom is -0.497 e. The molecule has 0 radical (unpaired) electrons. The monoisotopic (exact) mass is 334 g/mol. The Kier molecular flexibility index (Phi) is 3.98. The topological polar surface area (TPSA) is 89.7 Å². The number of benzene rings is 1. The molecule has 3 rings (SSSR count). The van der Waals surface area contributed by atoms with Gasteiger partial charge in [0, 0.05) is 6.07 Å². The number of anilines is 1. The highest BCUT2D eigenvalue weighted by Crippen LogP contribution is 2.29. The van der Waals surface area contributed by atoms with Crippen molar-refractivity contribution in [3.63, 3.8) is 0 Å². The molecule has 0 bridgehead atoms. The Balaban J connectivity index is 1.72. The molecule has 0 spiro atoms. The summed E-state index contributed by atoms with van der Waals surface area (Å²) in [7, 11) is 1.62. The van der Waals surface area contributed by atoms with Gasteiger partial charge in [0.2, 0.25) is 5.13 Å². The molecule has 1 N–H and O–H groups in total. The molecule has 0 saturated heterocycles. The van der Waals surface area contributed by atoms with Crippen molar-refractivity contribution in [2.45, 2.75) is 0 Å². The third kappa shape index (κ3) is 3.05. The predicted molar refractivity (Wildman–Crippen MR) is 88.4 cm³/mol. The van der Waals surface area contributed by atoms with Crippen LogP contribution in [0.5, 0.6) is 5.75 Å². The zero-order chi connectivity index (χ0) is 15.5.